The van der Waals surface area contributed by atoms with Crippen molar-refractivity contribution in [2.24, 2.45) is 0 Å². The molecule has 4 N–H and O–H groups in total. The molecule has 1 amide bonds. The number of nitrogen functional groups attached to an aromatic ring is 1. The predicted molar refractivity (Wildman–Crippen MR) is 69.4 cm³/mol. The number of benzene rings is 1. The van der Waals surface area contributed by atoms with Gasteiger partial charge in [0.15, 0.2) is 0 Å². The quantitative estimate of drug-likeness (QED) is 0.691. The van der Waals surface area contributed by atoms with Crippen LogP contribution in [0.1, 0.15) is 35.7 Å². The van der Waals surface area contributed by atoms with E-state index in [4.69, 9.17) is 10.8 Å². The largest absolute Gasteiger partial charge is 0.481 e. The summed E-state index contributed by atoms with van der Waals surface area (Å²) in [6.45, 7) is 3.69. The molecular formula is C13H18N2O3. The first-order valence-electron chi connectivity index (χ1n) is 5.82. The highest BCUT2D eigenvalue weighted by molar-refractivity contribution is 5.95. The molecule has 0 saturated carbocycles. The molecule has 5 heteroatoms. The second-order valence-electron chi connectivity index (χ2n) is 4.25. The van der Waals surface area contributed by atoms with Crippen LogP contribution in [0.25, 0.3) is 0 Å². The molecule has 18 heavy (non-hydrogen) atoms. The van der Waals surface area contributed by atoms with E-state index in [0.29, 0.717) is 17.7 Å². The van der Waals surface area contributed by atoms with Gasteiger partial charge >= 0.3 is 5.97 Å². The van der Waals surface area contributed by atoms with Crippen molar-refractivity contribution in [2.75, 3.05) is 5.73 Å². The Hall–Kier alpha value is -2.04. The zero-order chi connectivity index (χ0) is 13.7. The van der Waals surface area contributed by atoms with Crippen LogP contribution in [-0.2, 0) is 4.79 Å². The maximum absolute atomic E-state index is 11.9. The summed E-state index contributed by atoms with van der Waals surface area (Å²) in [6.07, 6.45) is 0.489. The van der Waals surface area contributed by atoms with E-state index in [1.54, 1.807) is 18.2 Å². The van der Waals surface area contributed by atoms with Crippen molar-refractivity contribution in [1.29, 1.82) is 0 Å². The van der Waals surface area contributed by atoms with E-state index in [1.807, 2.05) is 13.8 Å². The number of carbonyl (C=O) groups excluding carboxylic acids is 1. The van der Waals surface area contributed by atoms with Crippen LogP contribution in [0.5, 0.6) is 0 Å². The Balaban J connectivity index is 2.74. The molecule has 5 nitrogen and oxygen atoms in total. The van der Waals surface area contributed by atoms with Gasteiger partial charge in [0, 0.05) is 17.3 Å². The van der Waals surface area contributed by atoms with Gasteiger partial charge in [-0.2, -0.15) is 0 Å². The third-order valence-electron chi connectivity index (χ3n) is 2.79. The number of carboxylic acid groups (broad SMARTS) is 1. The van der Waals surface area contributed by atoms with Crippen LogP contribution in [0, 0.1) is 6.92 Å². The van der Waals surface area contributed by atoms with Crippen molar-refractivity contribution in [3.8, 4) is 0 Å². The van der Waals surface area contributed by atoms with Crippen LogP contribution in [0.15, 0.2) is 18.2 Å². The van der Waals surface area contributed by atoms with Gasteiger partial charge < -0.3 is 16.2 Å². The summed E-state index contributed by atoms with van der Waals surface area (Å²) in [5, 5.41) is 11.4. The van der Waals surface area contributed by atoms with E-state index in [0.717, 1.165) is 5.56 Å². The lowest BCUT2D eigenvalue weighted by Crippen LogP contribution is -2.36. The van der Waals surface area contributed by atoms with Crippen molar-refractivity contribution in [1.82, 2.24) is 5.32 Å². The van der Waals surface area contributed by atoms with Gasteiger partial charge in [-0.15, -0.1) is 0 Å². The van der Waals surface area contributed by atoms with Gasteiger partial charge in [0.2, 0.25) is 0 Å². The molecule has 0 saturated heterocycles. The minimum Gasteiger partial charge on any atom is -0.481 e. The molecule has 0 aliphatic rings. The Morgan fingerprint density at radius 2 is 2.11 bits per heavy atom. The lowest BCUT2D eigenvalue weighted by atomic mass is 10.1. The smallest absolute Gasteiger partial charge is 0.305 e. The Bertz CT molecular complexity index is 458. The maximum atomic E-state index is 11.9. The zero-order valence-electron chi connectivity index (χ0n) is 10.6. The standard InChI is InChI=1S/C13H18N2O3/c1-3-10(7-12(16)17)15-13(18)9-5-4-8(2)11(14)6-9/h4-6,10H,3,7,14H2,1-2H3,(H,15,18)(H,16,17). The van der Waals surface area contributed by atoms with Crippen molar-refractivity contribution in [3.05, 3.63) is 29.3 Å². The first-order chi connectivity index (χ1) is 8.43. The van der Waals surface area contributed by atoms with E-state index < -0.39 is 5.97 Å². The number of anilines is 1. The molecule has 0 aliphatic carbocycles. The Morgan fingerprint density at radius 3 is 2.61 bits per heavy atom. The van der Waals surface area contributed by atoms with E-state index >= 15 is 0 Å². The van der Waals surface area contributed by atoms with Gasteiger partial charge in [-0.05, 0) is 31.0 Å². The third-order valence-corrected chi connectivity index (χ3v) is 2.79. The van der Waals surface area contributed by atoms with Crippen LogP contribution < -0.4 is 11.1 Å². The van der Waals surface area contributed by atoms with E-state index in [1.165, 1.54) is 0 Å². The lowest BCUT2D eigenvalue weighted by Gasteiger charge is -2.15. The zero-order valence-corrected chi connectivity index (χ0v) is 10.6. The number of hydrogen-bond acceptors (Lipinski definition) is 3. The summed E-state index contributed by atoms with van der Waals surface area (Å²) in [4.78, 5) is 22.5. The Labute approximate surface area is 106 Å². The highest BCUT2D eigenvalue weighted by Gasteiger charge is 2.15. The number of aliphatic carboxylic acids is 1. The lowest BCUT2D eigenvalue weighted by molar-refractivity contribution is -0.137. The fraction of sp³-hybridized carbons (Fsp3) is 0.385. The minimum absolute atomic E-state index is 0.0798. The van der Waals surface area contributed by atoms with Crippen molar-refractivity contribution in [3.63, 3.8) is 0 Å². The fourth-order valence-corrected chi connectivity index (χ4v) is 1.56. The number of hydrogen-bond donors (Lipinski definition) is 3. The molecule has 0 aliphatic heterocycles. The van der Waals surface area contributed by atoms with Crippen LogP contribution in [-0.4, -0.2) is 23.0 Å². The summed E-state index contributed by atoms with van der Waals surface area (Å²) in [7, 11) is 0. The summed E-state index contributed by atoms with van der Waals surface area (Å²) < 4.78 is 0. The van der Waals surface area contributed by atoms with Crippen LogP contribution in [0.4, 0.5) is 5.69 Å². The van der Waals surface area contributed by atoms with Crippen LogP contribution in [0.3, 0.4) is 0 Å². The molecule has 0 aromatic heterocycles. The average Bonchev–Trinajstić information content (AvgIpc) is 2.31. The minimum atomic E-state index is -0.925. The van der Waals surface area contributed by atoms with E-state index in [-0.39, 0.29) is 18.4 Å². The number of carbonyl (C=O) groups is 2. The van der Waals surface area contributed by atoms with E-state index in [2.05, 4.69) is 5.32 Å². The van der Waals surface area contributed by atoms with Crippen LogP contribution in [0.2, 0.25) is 0 Å². The van der Waals surface area contributed by atoms with Gasteiger partial charge in [0.25, 0.3) is 5.91 Å². The normalized spacial score (nSPS) is 11.9. The fourth-order valence-electron chi connectivity index (χ4n) is 1.56. The first-order valence-corrected chi connectivity index (χ1v) is 5.82. The number of rotatable bonds is 5. The molecule has 1 atom stereocenters. The second-order valence-corrected chi connectivity index (χ2v) is 4.25. The number of carboxylic acids is 1. The molecule has 0 spiro atoms. The molecule has 1 rings (SSSR count). The Morgan fingerprint density at radius 1 is 1.44 bits per heavy atom. The highest BCUT2D eigenvalue weighted by atomic mass is 16.4. The molecule has 1 unspecified atom stereocenters. The van der Waals surface area contributed by atoms with Gasteiger partial charge in [0.05, 0.1) is 6.42 Å². The van der Waals surface area contributed by atoms with E-state index in [9.17, 15) is 9.59 Å². The van der Waals surface area contributed by atoms with Gasteiger partial charge in [-0.25, -0.2) is 0 Å². The summed E-state index contributed by atoms with van der Waals surface area (Å²) >= 11 is 0. The number of nitrogens with one attached hydrogen (secondary N) is 1. The van der Waals surface area contributed by atoms with Crippen molar-refractivity contribution >= 4 is 17.6 Å². The number of aryl methyl sites for hydroxylation is 1. The third kappa shape index (κ3) is 3.76. The molecular weight excluding hydrogens is 232 g/mol. The monoisotopic (exact) mass is 250 g/mol. The topological polar surface area (TPSA) is 92.4 Å². The predicted octanol–water partition coefficient (Wildman–Crippen LogP) is 1.56. The molecule has 0 radical (unpaired) electrons. The molecule has 0 fully saturated rings. The van der Waals surface area contributed by atoms with Crippen molar-refractivity contribution in [2.45, 2.75) is 32.7 Å². The summed E-state index contributed by atoms with van der Waals surface area (Å²) in [5.41, 5.74) is 7.63. The second kappa shape index (κ2) is 6.05. The van der Waals surface area contributed by atoms with Gasteiger partial charge in [0.1, 0.15) is 0 Å². The summed E-state index contributed by atoms with van der Waals surface area (Å²) in [6, 6.07) is 4.67. The van der Waals surface area contributed by atoms with Crippen LogP contribution >= 0.6 is 0 Å². The highest BCUT2D eigenvalue weighted by Crippen LogP contribution is 2.13. The van der Waals surface area contributed by atoms with Crippen molar-refractivity contribution < 1.29 is 14.7 Å². The number of nitrogens with two attached hydrogens (primary N) is 1. The van der Waals surface area contributed by atoms with Gasteiger partial charge in [-0.3, -0.25) is 9.59 Å². The molecule has 98 valence electrons. The maximum Gasteiger partial charge on any atom is 0.305 e. The molecule has 1 aromatic rings. The van der Waals surface area contributed by atoms with Gasteiger partial charge in [-0.1, -0.05) is 13.0 Å². The molecule has 0 bridgehead atoms. The first kappa shape index (κ1) is 14.0. The number of amides is 1. The molecule has 1 aromatic carbocycles. The Kier molecular flexibility index (Phi) is 4.71. The summed E-state index contributed by atoms with van der Waals surface area (Å²) in [5.74, 6) is -1.22. The average molecular weight is 250 g/mol. The molecule has 0 heterocycles. The SMILES string of the molecule is CCC(CC(=O)O)NC(=O)c1ccc(C)c(N)c1.